The first-order valence-corrected chi connectivity index (χ1v) is 7.92. The first-order chi connectivity index (χ1) is 11.8. The SMILES string of the molecule is CCOc1ccc(-n2c(=O)c(/C(C)=N/NC(N)=S)cn(C)c2=O)cc1. The van der Waals surface area contributed by atoms with E-state index in [2.05, 4.69) is 22.7 Å². The molecular formula is C16H19N5O3S. The fraction of sp³-hybridized carbons (Fsp3) is 0.250. The van der Waals surface area contributed by atoms with Gasteiger partial charge in [-0.15, -0.1) is 0 Å². The molecule has 1 aromatic heterocycles. The van der Waals surface area contributed by atoms with E-state index in [1.54, 1.807) is 38.2 Å². The van der Waals surface area contributed by atoms with E-state index in [1.165, 1.54) is 10.8 Å². The summed E-state index contributed by atoms with van der Waals surface area (Å²) in [7, 11) is 1.56. The molecule has 2 aromatic rings. The molecule has 3 N–H and O–H groups in total. The predicted molar refractivity (Wildman–Crippen MR) is 101 cm³/mol. The Hall–Kier alpha value is -2.94. The average Bonchev–Trinajstić information content (AvgIpc) is 2.58. The van der Waals surface area contributed by atoms with E-state index in [-0.39, 0.29) is 10.7 Å². The Morgan fingerprint density at radius 3 is 2.52 bits per heavy atom. The van der Waals surface area contributed by atoms with Crippen LogP contribution in [0.4, 0.5) is 0 Å². The second kappa shape index (κ2) is 7.75. The van der Waals surface area contributed by atoms with Crippen molar-refractivity contribution in [2.24, 2.45) is 17.9 Å². The van der Waals surface area contributed by atoms with Gasteiger partial charge in [-0.05, 0) is 50.3 Å². The highest BCUT2D eigenvalue weighted by molar-refractivity contribution is 7.80. The summed E-state index contributed by atoms with van der Waals surface area (Å²) >= 11 is 4.69. The molecule has 0 bridgehead atoms. The van der Waals surface area contributed by atoms with Crippen molar-refractivity contribution in [1.29, 1.82) is 0 Å². The quantitative estimate of drug-likeness (QED) is 0.456. The normalized spacial score (nSPS) is 11.2. The van der Waals surface area contributed by atoms with Crippen LogP contribution in [0.2, 0.25) is 0 Å². The number of aryl methyl sites for hydroxylation is 1. The van der Waals surface area contributed by atoms with Gasteiger partial charge in [-0.2, -0.15) is 5.10 Å². The molecule has 0 amide bonds. The summed E-state index contributed by atoms with van der Waals surface area (Å²) in [6, 6.07) is 6.70. The summed E-state index contributed by atoms with van der Waals surface area (Å²) in [5.74, 6) is 0.658. The molecule has 0 aliphatic carbocycles. The molecule has 0 fully saturated rings. The smallest absolute Gasteiger partial charge is 0.335 e. The second-order valence-corrected chi connectivity index (χ2v) is 5.62. The molecule has 0 spiro atoms. The number of hydrazone groups is 1. The van der Waals surface area contributed by atoms with E-state index in [9.17, 15) is 9.59 Å². The molecule has 0 aliphatic heterocycles. The molecule has 0 atom stereocenters. The minimum atomic E-state index is -0.488. The fourth-order valence-corrected chi connectivity index (χ4v) is 2.25. The minimum absolute atomic E-state index is 0.0176. The van der Waals surface area contributed by atoms with Gasteiger partial charge in [0.25, 0.3) is 5.56 Å². The molecule has 1 aromatic carbocycles. The molecular weight excluding hydrogens is 342 g/mol. The predicted octanol–water partition coefficient (Wildman–Crippen LogP) is 0.492. The van der Waals surface area contributed by atoms with Gasteiger partial charge in [0.1, 0.15) is 5.75 Å². The first-order valence-electron chi connectivity index (χ1n) is 7.51. The molecule has 8 nitrogen and oxygen atoms in total. The number of rotatable bonds is 5. The third-order valence-electron chi connectivity index (χ3n) is 3.38. The second-order valence-electron chi connectivity index (χ2n) is 5.18. The maximum atomic E-state index is 12.8. The van der Waals surface area contributed by atoms with E-state index >= 15 is 0 Å². The van der Waals surface area contributed by atoms with Gasteiger partial charge in [-0.1, -0.05) is 0 Å². The highest BCUT2D eigenvalue weighted by Gasteiger charge is 2.14. The largest absolute Gasteiger partial charge is 0.494 e. The van der Waals surface area contributed by atoms with Crippen LogP contribution >= 0.6 is 12.2 Å². The summed E-state index contributed by atoms with van der Waals surface area (Å²) in [6.07, 6.45) is 1.43. The zero-order valence-corrected chi connectivity index (χ0v) is 15.0. The average molecular weight is 361 g/mol. The lowest BCUT2D eigenvalue weighted by Gasteiger charge is -2.11. The van der Waals surface area contributed by atoms with Crippen molar-refractivity contribution in [3.05, 3.63) is 56.9 Å². The van der Waals surface area contributed by atoms with Crippen molar-refractivity contribution >= 4 is 23.0 Å². The number of ether oxygens (including phenoxy) is 1. The first kappa shape index (κ1) is 18.4. The van der Waals surface area contributed by atoms with Gasteiger partial charge in [0.15, 0.2) is 5.11 Å². The summed E-state index contributed by atoms with van der Waals surface area (Å²) < 4.78 is 7.76. The zero-order chi connectivity index (χ0) is 18.6. The topological polar surface area (TPSA) is 104 Å². The molecule has 0 aliphatic rings. The van der Waals surface area contributed by atoms with Crippen LogP contribution in [0, 0.1) is 0 Å². The number of hydrogen-bond acceptors (Lipinski definition) is 5. The number of nitrogens with zero attached hydrogens (tertiary/aromatic N) is 3. The van der Waals surface area contributed by atoms with E-state index in [1.807, 2.05) is 6.92 Å². The van der Waals surface area contributed by atoms with E-state index in [0.29, 0.717) is 23.8 Å². The number of nitrogens with one attached hydrogen (secondary N) is 1. The molecule has 0 saturated heterocycles. The van der Waals surface area contributed by atoms with Gasteiger partial charge in [0.2, 0.25) is 0 Å². The van der Waals surface area contributed by atoms with Crippen LogP contribution in [0.3, 0.4) is 0 Å². The molecule has 2 rings (SSSR count). The molecule has 0 radical (unpaired) electrons. The van der Waals surface area contributed by atoms with Crippen molar-refractivity contribution in [3.63, 3.8) is 0 Å². The number of thiocarbonyl (C=S) groups is 1. The summed E-state index contributed by atoms with van der Waals surface area (Å²) in [5, 5.41) is 3.93. The van der Waals surface area contributed by atoms with E-state index in [4.69, 9.17) is 10.5 Å². The standard InChI is InChI=1S/C16H19N5O3S/c1-4-24-12-7-5-11(6-8-12)21-14(22)13(9-20(3)16(21)23)10(2)18-19-15(17)25/h5-9H,4H2,1-3H3,(H3,17,19,25)/b18-10+. The molecule has 25 heavy (non-hydrogen) atoms. The molecule has 132 valence electrons. The van der Waals surface area contributed by atoms with Crippen molar-refractivity contribution in [1.82, 2.24) is 14.6 Å². The van der Waals surface area contributed by atoms with Crippen LogP contribution in [0.5, 0.6) is 5.75 Å². The lowest BCUT2D eigenvalue weighted by molar-refractivity contribution is 0.340. The number of benzene rings is 1. The highest BCUT2D eigenvalue weighted by Crippen LogP contribution is 2.13. The Bertz CT molecular complexity index is 928. The van der Waals surface area contributed by atoms with Crippen LogP contribution in [0.1, 0.15) is 19.4 Å². The highest BCUT2D eigenvalue weighted by atomic mass is 32.1. The van der Waals surface area contributed by atoms with E-state index < -0.39 is 11.2 Å². The van der Waals surface area contributed by atoms with Crippen molar-refractivity contribution < 1.29 is 4.74 Å². The van der Waals surface area contributed by atoms with Crippen LogP contribution < -0.4 is 27.1 Å². The Morgan fingerprint density at radius 2 is 1.96 bits per heavy atom. The lowest BCUT2D eigenvalue weighted by Crippen LogP contribution is -2.40. The van der Waals surface area contributed by atoms with Crippen molar-refractivity contribution in [2.75, 3.05) is 6.61 Å². The third-order valence-corrected chi connectivity index (χ3v) is 3.47. The summed E-state index contributed by atoms with van der Waals surface area (Å²) in [5.41, 5.74) is 7.85. The van der Waals surface area contributed by atoms with Crippen LogP contribution in [0.15, 0.2) is 45.2 Å². The molecule has 0 unspecified atom stereocenters. The fourth-order valence-electron chi connectivity index (χ4n) is 2.20. The molecule has 9 heteroatoms. The van der Waals surface area contributed by atoms with Crippen LogP contribution in [-0.4, -0.2) is 26.6 Å². The monoisotopic (exact) mass is 361 g/mol. The van der Waals surface area contributed by atoms with Crippen molar-refractivity contribution in [2.45, 2.75) is 13.8 Å². The lowest BCUT2D eigenvalue weighted by atomic mass is 10.2. The Balaban J connectivity index is 2.59. The Kier molecular flexibility index (Phi) is 5.71. The van der Waals surface area contributed by atoms with Crippen molar-refractivity contribution in [3.8, 4) is 11.4 Å². The Morgan fingerprint density at radius 1 is 1.32 bits per heavy atom. The summed E-state index contributed by atoms with van der Waals surface area (Å²) in [4.78, 5) is 25.2. The van der Waals surface area contributed by atoms with Gasteiger partial charge in [0.05, 0.1) is 23.6 Å². The van der Waals surface area contributed by atoms with Gasteiger partial charge in [-0.25, -0.2) is 9.36 Å². The molecule has 0 saturated carbocycles. The number of nitrogens with two attached hydrogens (primary N) is 1. The summed E-state index contributed by atoms with van der Waals surface area (Å²) in [6.45, 7) is 4.03. The minimum Gasteiger partial charge on any atom is -0.494 e. The Labute approximate surface area is 149 Å². The third kappa shape index (κ3) is 4.13. The van der Waals surface area contributed by atoms with Gasteiger partial charge >= 0.3 is 5.69 Å². The van der Waals surface area contributed by atoms with Gasteiger partial charge in [-0.3, -0.25) is 10.2 Å². The van der Waals surface area contributed by atoms with Crippen LogP contribution in [0.25, 0.3) is 5.69 Å². The maximum absolute atomic E-state index is 12.8. The number of aromatic nitrogens is 2. The van der Waals surface area contributed by atoms with Gasteiger partial charge < -0.3 is 15.0 Å². The molecule has 1 heterocycles. The van der Waals surface area contributed by atoms with Gasteiger partial charge in [0, 0.05) is 13.2 Å². The van der Waals surface area contributed by atoms with Crippen LogP contribution in [-0.2, 0) is 7.05 Å². The zero-order valence-electron chi connectivity index (χ0n) is 14.1. The van der Waals surface area contributed by atoms with E-state index in [0.717, 1.165) is 4.57 Å². The maximum Gasteiger partial charge on any atom is 0.335 e. The number of hydrogen-bond donors (Lipinski definition) is 2.